The van der Waals surface area contributed by atoms with Crippen molar-refractivity contribution >= 4 is 22.8 Å². The molecule has 2 saturated heterocycles. The number of nitrogens with one attached hydrogen (secondary N) is 3. The molecule has 4 atom stereocenters. The minimum Gasteiger partial charge on any atom is -0.371 e. The van der Waals surface area contributed by atoms with E-state index in [0.717, 1.165) is 5.52 Å². The minimum absolute atomic E-state index is 0.0582. The van der Waals surface area contributed by atoms with Crippen LogP contribution in [-0.4, -0.2) is 69.1 Å². The van der Waals surface area contributed by atoms with Crippen LogP contribution in [0.5, 0.6) is 0 Å². The molecule has 3 aromatic rings. The van der Waals surface area contributed by atoms with Crippen LogP contribution in [0.3, 0.4) is 0 Å². The Kier molecular flexibility index (Phi) is 5.85. The van der Waals surface area contributed by atoms with Gasteiger partial charge in [0.2, 0.25) is 0 Å². The Balaban J connectivity index is 1.27. The number of fused-ring (bicyclic) bond motifs is 2. The molecule has 2 aliphatic heterocycles. The second-order valence-electron chi connectivity index (χ2n) is 8.79. The van der Waals surface area contributed by atoms with E-state index < -0.39 is 47.9 Å². The third-order valence-corrected chi connectivity index (χ3v) is 5.74. The molecule has 186 valence electrons. The number of imidazole rings is 1. The first-order chi connectivity index (χ1) is 16.6. The van der Waals surface area contributed by atoms with Gasteiger partial charge in [0.25, 0.3) is 5.91 Å². The number of H-pyrrole nitrogens is 1. The molecule has 2 fully saturated rings. The average molecular weight is 492 g/mol. The molecular weight excluding hydrogens is 469 g/mol. The SMILES string of the molecule is CC1(C)O[C@@H]2[C@H](O1)[C@@H](Nc1cncc(C(F)(F)F)n1)CO[C@@H]2CNC(=O)c1nc2ccccc2[nH]1. The van der Waals surface area contributed by atoms with Crippen molar-refractivity contribution in [2.24, 2.45) is 0 Å². The van der Waals surface area contributed by atoms with E-state index in [-0.39, 0.29) is 24.8 Å². The number of carbonyl (C=O) groups excluding carboxylic acids is 1. The molecule has 0 saturated carbocycles. The number of aromatic amines is 1. The molecule has 1 aromatic carbocycles. The van der Waals surface area contributed by atoms with Gasteiger partial charge in [-0.3, -0.25) is 9.78 Å². The average Bonchev–Trinajstić information content (AvgIpc) is 3.38. The van der Waals surface area contributed by atoms with Crippen LogP contribution in [0.2, 0.25) is 0 Å². The summed E-state index contributed by atoms with van der Waals surface area (Å²) < 4.78 is 57.0. The maximum absolute atomic E-state index is 13.0. The Morgan fingerprint density at radius 3 is 2.71 bits per heavy atom. The van der Waals surface area contributed by atoms with Gasteiger partial charge in [0.05, 0.1) is 36.1 Å². The van der Waals surface area contributed by atoms with E-state index in [2.05, 4.69) is 30.6 Å². The Bertz CT molecular complexity index is 1200. The van der Waals surface area contributed by atoms with E-state index in [9.17, 15) is 18.0 Å². The topological polar surface area (TPSA) is 123 Å². The zero-order valence-corrected chi connectivity index (χ0v) is 18.8. The lowest BCUT2D eigenvalue weighted by Gasteiger charge is -2.37. The first kappa shape index (κ1) is 23.5. The van der Waals surface area contributed by atoms with Gasteiger partial charge in [0.15, 0.2) is 17.3 Å². The predicted molar refractivity (Wildman–Crippen MR) is 116 cm³/mol. The molecule has 2 aliphatic rings. The molecule has 13 heteroatoms. The number of alkyl halides is 3. The number of para-hydroxylation sites is 2. The third-order valence-electron chi connectivity index (χ3n) is 5.74. The number of carbonyl (C=O) groups is 1. The molecular formula is C22H23F3N6O4. The lowest BCUT2D eigenvalue weighted by atomic mass is 9.98. The summed E-state index contributed by atoms with van der Waals surface area (Å²) in [5.41, 5.74) is 0.311. The molecule has 0 unspecified atom stereocenters. The van der Waals surface area contributed by atoms with Crippen molar-refractivity contribution < 1.29 is 32.2 Å². The number of aromatic nitrogens is 4. The lowest BCUT2D eigenvalue weighted by molar-refractivity contribution is -0.153. The third kappa shape index (κ3) is 4.92. The number of benzene rings is 1. The highest BCUT2D eigenvalue weighted by Crippen LogP contribution is 2.36. The summed E-state index contributed by atoms with van der Waals surface area (Å²) in [4.78, 5) is 27.1. The number of nitrogens with zero attached hydrogens (tertiary/aromatic N) is 3. The van der Waals surface area contributed by atoms with E-state index in [1.807, 2.05) is 18.2 Å². The van der Waals surface area contributed by atoms with E-state index in [0.29, 0.717) is 11.7 Å². The van der Waals surface area contributed by atoms with Crippen LogP contribution < -0.4 is 10.6 Å². The van der Waals surface area contributed by atoms with Gasteiger partial charge >= 0.3 is 6.18 Å². The molecule has 0 radical (unpaired) electrons. The van der Waals surface area contributed by atoms with Crippen molar-refractivity contribution in [1.29, 1.82) is 0 Å². The van der Waals surface area contributed by atoms with Crippen molar-refractivity contribution in [3.05, 3.63) is 48.2 Å². The fourth-order valence-electron chi connectivity index (χ4n) is 4.23. The summed E-state index contributed by atoms with van der Waals surface area (Å²) in [6, 6.07) is 6.73. The van der Waals surface area contributed by atoms with Gasteiger partial charge in [0, 0.05) is 6.54 Å². The summed E-state index contributed by atoms with van der Waals surface area (Å²) in [6.07, 6.45) is -4.47. The van der Waals surface area contributed by atoms with Gasteiger partial charge in [-0.05, 0) is 26.0 Å². The lowest BCUT2D eigenvalue weighted by Crippen LogP contribution is -2.57. The second kappa shape index (κ2) is 8.73. The minimum atomic E-state index is -4.62. The number of ether oxygens (including phenoxy) is 3. The van der Waals surface area contributed by atoms with Gasteiger partial charge in [-0.1, -0.05) is 12.1 Å². The van der Waals surface area contributed by atoms with E-state index in [1.54, 1.807) is 19.9 Å². The first-order valence-electron chi connectivity index (χ1n) is 10.9. The molecule has 0 spiro atoms. The van der Waals surface area contributed by atoms with Crippen LogP contribution >= 0.6 is 0 Å². The summed E-state index contributed by atoms with van der Waals surface area (Å²) in [5, 5.41) is 5.72. The Labute approximate surface area is 197 Å². The molecule has 0 bridgehead atoms. The highest BCUT2D eigenvalue weighted by molar-refractivity contribution is 5.94. The van der Waals surface area contributed by atoms with Gasteiger partial charge in [-0.25, -0.2) is 9.97 Å². The van der Waals surface area contributed by atoms with Crippen molar-refractivity contribution in [3.63, 3.8) is 0 Å². The molecule has 0 aliphatic carbocycles. The van der Waals surface area contributed by atoms with Crippen LogP contribution in [-0.2, 0) is 20.4 Å². The molecule has 2 aromatic heterocycles. The fourth-order valence-corrected chi connectivity index (χ4v) is 4.23. The number of halogens is 3. The zero-order chi connectivity index (χ0) is 24.8. The molecule has 5 rings (SSSR count). The summed E-state index contributed by atoms with van der Waals surface area (Å²) >= 11 is 0. The Morgan fingerprint density at radius 2 is 1.94 bits per heavy atom. The van der Waals surface area contributed by atoms with E-state index in [4.69, 9.17) is 14.2 Å². The Morgan fingerprint density at radius 1 is 1.17 bits per heavy atom. The standard InChI is InChI=1S/C22H23F3N6O4/c1-21(2)34-17-13(28-16-9-26-8-15(31-16)22(23,24)25)10-33-14(18(17)35-21)7-27-20(32)19-29-11-5-3-4-6-12(11)30-19/h3-6,8-9,13-14,17-18H,7,10H2,1-2H3,(H,27,32)(H,28,31)(H,29,30)/t13-,14+,17+,18-/m0/s1. The van der Waals surface area contributed by atoms with Crippen LogP contribution in [0, 0.1) is 0 Å². The van der Waals surface area contributed by atoms with Crippen molar-refractivity contribution in [3.8, 4) is 0 Å². The molecule has 3 N–H and O–H groups in total. The first-order valence-corrected chi connectivity index (χ1v) is 10.9. The summed E-state index contributed by atoms with van der Waals surface area (Å²) in [7, 11) is 0. The molecule has 35 heavy (non-hydrogen) atoms. The number of rotatable bonds is 5. The van der Waals surface area contributed by atoms with Gasteiger partial charge in [-0.2, -0.15) is 13.2 Å². The quantitative estimate of drug-likeness (QED) is 0.497. The van der Waals surface area contributed by atoms with Crippen LogP contribution in [0.4, 0.5) is 19.0 Å². The van der Waals surface area contributed by atoms with Crippen LogP contribution in [0.1, 0.15) is 30.2 Å². The highest BCUT2D eigenvalue weighted by Gasteiger charge is 2.52. The molecule has 4 heterocycles. The van der Waals surface area contributed by atoms with Crippen LogP contribution in [0.25, 0.3) is 11.0 Å². The zero-order valence-electron chi connectivity index (χ0n) is 18.8. The normalized spacial score (nSPS) is 25.9. The monoisotopic (exact) mass is 492 g/mol. The number of anilines is 1. The van der Waals surface area contributed by atoms with Gasteiger partial charge < -0.3 is 29.8 Å². The van der Waals surface area contributed by atoms with E-state index in [1.165, 1.54) is 6.20 Å². The predicted octanol–water partition coefficient (Wildman–Crippen LogP) is 2.50. The summed E-state index contributed by atoms with van der Waals surface area (Å²) in [6.45, 7) is 3.67. The van der Waals surface area contributed by atoms with Crippen molar-refractivity contribution in [2.75, 3.05) is 18.5 Å². The van der Waals surface area contributed by atoms with E-state index >= 15 is 0 Å². The van der Waals surface area contributed by atoms with Crippen LogP contribution in [0.15, 0.2) is 36.7 Å². The van der Waals surface area contributed by atoms with Gasteiger partial charge in [-0.15, -0.1) is 0 Å². The van der Waals surface area contributed by atoms with Crippen molar-refractivity contribution in [2.45, 2.75) is 50.2 Å². The smallest absolute Gasteiger partial charge is 0.371 e. The molecule has 1 amide bonds. The maximum Gasteiger partial charge on any atom is 0.434 e. The number of hydrogen-bond donors (Lipinski definition) is 3. The molecule has 10 nitrogen and oxygen atoms in total. The summed E-state index contributed by atoms with van der Waals surface area (Å²) in [5.74, 6) is -1.25. The van der Waals surface area contributed by atoms with Gasteiger partial charge in [0.1, 0.15) is 24.1 Å². The second-order valence-corrected chi connectivity index (χ2v) is 8.79. The highest BCUT2D eigenvalue weighted by atomic mass is 19.4. The number of amides is 1. The largest absolute Gasteiger partial charge is 0.434 e. The Hall–Kier alpha value is -3.29. The van der Waals surface area contributed by atoms with Crippen molar-refractivity contribution in [1.82, 2.24) is 25.3 Å². The fraction of sp³-hybridized carbons (Fsp3) is 0.455. The maximum atomic E-state index is 13.0. The number of hydrogen-bond acceptors (Lipinski definition) is 8.